The van der Waals surface area contributed by atoms with Crippen molar-refractivity contribution in [3.05, 3.63) is 60.8 Å². The van der Waals surface area contributed by atoms with E-state index in [-0.39, 0.29) is 12.5 Å². The van der Waals surface area contributed by atoms with Crippen molar-refractivity contribution in [1.82, 2.24) is 5.32 Å². The number of carbonyl (C=O) groups is 1. The molecule has 0 saturated carbocycles. The Kier molecular flexibility index (Phi) is 59.4. The molecule has 0 aromatic heterocycles. The van der Waals surface area contributed by atoms with Crippen LogP contribution >= 0.6 is 7.82 Å². The minimum absolute atomic E-state index is 0.00945. The van der Waals surface area contributed by atoms with Crippen LogP contribution in [-0.2, 0) is 18.4 Å². The average Bonchev–Trinajstić information content (AvgIpc) is 3.42. The summed E-state index contributed by atoms with van der Waals surface area (Å²) < 4.78 is 23.4. The van der Waals surface area contributed by atoms with Gasteiger partial charge in [-0.1, -0.05) is 306 Å². The molecule has 464 valence electrons. The zero-order valence-corrected chi connectivity index (χ0v) is 54.0. The number of unbranched alkanes of at least 4 members (excludes halogenated alkanes) is 42. The number of aliphatic hydroxyl groups excluding tert-OH is 1. The molecule has 0 saturated heterocycles. The summed E-state index contributed by atoms with van der Waals surface area (Å²) >= 11 is 0. The summed E-state index contributed by atoms with van der Waals surface area (Å²) in [6.45, 7) is 4.65. The van der Waals surface area contributed by atoms with E-state index in [9.17, 15) is 19.4 Å². The van der Waals surface area contributed by atoms with Crippen molar-refractivity contribution in [2.24, 2.45) is 0 Å². The second-order valence-corrected chi connectivity index (χ2v) is 25.9. The van der Waals surface area contributed by atoms with Crippen molar-refractivity contribution in [3.63, 3.8) is 0 Å². The van der Waals surface area contributed by atoms with Crippen LogP contribution in [0.5, 0.6) is 0 Å². The molecular weight excluding hydrogens is 996 g/mol. The van der Waals surface area contributed by atoms with Gasteiger partial charge in [0.1, 0.15) is 13.2 Å². The number of hydrogen-bond donors (Lipinski definition) is 2. The van der Waals surface area contributed by atoms with Crippen LogP contribution in [0.4, 0.5) is 0 Å². The third-order valence-corrected chi connectivity index (χ3v) is 16.4. The van der Waals surface area contributed by atoms with Crippen LogP contribution < -0.4 is 10.2 Å². The molecule has 0 aromatic rings. The average molecular weight is 1130 g/mol. The van der Waals surface area contributed by atoms with Gasteiger partial charge < -0.3 is 28.8 Å². The fourth-order valence-corrected chi connectivity index (χ4v) is 10.8. The molecule has 0 radical (unpaired) electrons. The minimum Gasteiger partial charge on any atom is -0.756 e. The SMILES string of the molecule is CCCCCCCCCCCC/C=C/CC/C=C/CC/C=C/C(O)C(COP(=O)([O-])OCC[N+](C)(C)C)NC(=O)CCCCCCCCCCCCCCCCCCC/C=C\C/C=C\CCCCCCCCCCCCCCC. The molecule has 2 N–H and O–H groups in total. The number of phosphoric acid groups is 1. The molecule has 0 rings (SSSR count). The number of carbonyl (C=O) groups excluding carboxylic acids is 1. The Balaban J connectivity index is 4.04. The van der Waals surface area contributed by atoms with Crippen LogP contribution in [-0.4, -0.2) is 68.5 Å². The number of amides is 1. The number of hydrogen-bond acceptors (Lipinski definition) is 6. The van der Waals surface area contributed by atoms with Crippen molar-refractivity contribution in [1.29, 1.82) is 0 Å². The summed E-state index contributed by atoms with van der Waals surface area (Å²) in [5.41, 5.74) is 0. The van der Waals surface area contributed by atoms with E-state index in [2.05, 4.69) is 67.8 Å². The van der Waals surface area contributed by atoms with Crippen LogP contribution in [0.3, 0.4) is 0 Å². The van der Waals surface area contributed by atoms with Gasteiger partial charge in [-0.05, 0) is 77.0 Å². The summed E-state index contributed by atoms with van der Waals surface area (Å²) in [4.78, 5) is 25.6. The smallest absolute Gasteiger partial charge is 0.268 e. The topological polar surface area (TPSA) is 108 Å². The minimum atomic E-state index is -4.61. The van der Waals surface area contributed by atoms with Gasteiger partial charge in [0, 0.05) is 6.42 Å². The maximum absolute atomic E-state index is 13.0. The van der Waals surface area contributed by atoms with Crippen molar-refractivity contribution in [3.8, 4) is 0 Å². The van der Waals surface area contributed by atoms with E-state index in [1.165, 1.54) is 257 Å². The highest BCUT2D eigenvalue weighted by Gasteiger charge is 2.23. The zero-order chi connectivity index (χ0) is 57.7. The van der Waals surface area contributed by atoms with Crippen molar-refractivity contribution < 1.29 is 32.9 Å². The van der Waals surface area contributed by atoms with E-state index in [0.717, 1.165) is 51.4 Å². The molecule has 3 unspecified atom stereocenters. The highest BCUT2D eigenvalue weighted by molar-refractivity contribution is 7.45. The van der Waals surface area contributed by atoms with E-state index in [4.69, 9.17) is 9.05 Å². The number of likely N-dealkylation sites (N-methyl/N-ethyl adjacent to an activating group) is 1. The quantitative estimate of drug-likeness (QED) is 0.0272. The molecule has 79 heavy (non-hydrogen) atoms. The van der Waals surface area contributed by atoms with E-state index < -0.39 is 26.6 Å². The van der Waals surface area contributed by atoms with Gasteiger partial charge >= 0.3 is 0 Å². The normalized spacial score (nSPS) is 14.1. The van der Waals surface area contributed by atoms with Gasteiger partial charge in [0.15, 0.2) is 0 Å². The summed E-state index contributed by atoms with van der Waals surface area (Å²) in [5, 5.41) is 13.9. The fraction of sp³-hybridized carbons (Fsp3) is 0.843. The molecule has 0 fully saturated rings. The maximum atomic E-state index is 13.0. The molecular formula is C70H133N2O6P. The summed E-state index contributed by atoms with van der Waals surface area (Å²) in [7, 11) is 1.24. The molecule has 1 amide bonds. The number of rotatable bonds is 63. The number of aliphatic hydroxyl groups is 1. The third kappa shape index (κ3) is 63.6. The molecule has 0 aliphatic heterocycles. The highest BCUT2D eigenvalue weighted by atomic mass is 31.2. The predicted octanol–water partition coefficient (Wildman–Crippen LogP) is 21.0. The molecule has 3 atom stereocenters. The van der Waals surface area contributed by atoms with Gasteiger partial charge in [-0.3, -0.25) is 9.36 Å². The Bertz CT molecular complexity index is 1470. The lowest BCUT2D eigenvalue weighted by Gasteiger charge is -2.29. The third-order valence-electron chi connectivity index (χ3n) is 15.4. The summed E-state index contributed by atoms with van der Waals surface area (Å²) in [5.74, 6) is -0.208. The number of phosphoric ester groups is 1. The summed E-state index contributed by atoms with van der Waals surface area (Å²) in [6.07, 6.45) is 83.5. The first-order valence-corrected chi connectivity index (χ1v) is 35.6. The summed E-state index contributed by atoms with van der Waals surface area (Å²) in [6, 6.07) is -0.912. The standard InChI is InChI=1S/C70H133N2O6P/c1-6-8-10-12-14-16-18-20-22-24-26-28-29-30-31-32-33-34-35-36-37-38-39-40-41-42-43-44-46-48-50-52-54-56-58-60-62-64-70(74)71-68(67-78-79(75,76)77-66-65-72(3,4)5)69(73)63-61-59-57-55-53-51-49-47-45-27-25-23-21-19-17-15-13-11-9-7-2/h31-32,34-35,45,47,53,55,61,63,68-69,73H,6-30,33,36-44,46,48-52,54,56-60,62,64-67H2,1-5H3,(H-,71,74,75,76)/b32-31-,35-34-,47-45+,55-53+,63-61+. The molecule has 0 aliphatic rings. The number of nitrogens with one attached hydrogen (secondary N) is 1. The van der Waals surface area contributed by atoms with Crippen LogP contribution in [0.1, 0.15) is 328 Å². The van der Waals surface area contributed by atoms with Crippen molar-refractivity contribution >= 4 is 13.7 Å². The van der Waals surface area contributed by atoms with E-state index in [1.54, 1.807) is 6.08 Å². The molecule has 0 bridgehead atoms. The Morgan fingerprint density at radius 1 is 0.443 bits per heavy atom. The second-order valence-electron chi connectivity index (χ2n) is 24.5. The lowest BCUT2D eigenvalue weighted by Crippen LogP contribution is -2.45. The Morgan fingerprint density at radius 3 is 1.10 bits per heavy atom. The first kappa shape index (κ1) is 77.2. The van der Waals surface area contributed by atoms with Crippen molar-refractivity contribution in [2.45, 2.75) is 341 Å². The van der Waals surface area contributed by atoms with Gasteiger partial charge in [-0.2, -0.15) is 0 Å². The van der Waals surface area contributed by atoms with Gasteiger partial charge in [-0.25, -0.2) is 0 Å². The van der Waals surface area contributed by atoms with Crippen LogP contribution in [0.25, 0.3) is 0 Å². The zero-order valence-electron chi connectivity index (χ0n) is 53.1. The number of allylic oxidation sites excluding steroid dienone is 9. The molecule has 9 heteroatoms. The van der Waals surface area contributed by atoms with Crippen LogP contribution in [0.15, 0.2) is 60.8 Å². The highest BCUT2D eigenvalue weighted by Crippen LogP contribution is 2.38. The largest absolute Gasteiger partial charge is 0.756 e. The lowest BCUT2D eigenvalue weighted by molar-refractivity contribution is -0.870. The monoisotopic (exact) mass is 1130 g/mol. The fourth-order valence-electron chi connectivity index (χ4n) is 10.1. The number of nitrogens with zero attached hydrogens (tertiary/aromatic N) is 1. The first-order valence-electron chi connectivity index (χ1n) is 34.2. The van der Waals surface area contributed by atoms with E-state index in [1.807, 2.05) is 27.2 Å². The molecule has 0 aliphatic carbocycles. The van der Waals surface area contributed by atoms with Gasteiger partial charge in [-0.15, -0.1) is 0 Å². The van der Waals surface area contributed by atoms with Crippen molar-refractivity contribution in [2.75, 3.05) is 40.9 Å². The van der Waals surface area contributed by atoms with Gasteiger partial charge in [0.2, 0.25) is 5.91 Å². The lowest BCUT2D eigenvalue weighted by atomic mass is 10.0. The van der Waals surface area contributed by atoms with E-state index >= 15 is 0 Å². The molecule has 8 nitrogen and oxygen atoms in total. The number of quaternary nitrogens is 1. The molecule has 0 spiro atoms. The van der Waals surface area contributed by atoms with Gasteiger partial charge in [0.25, 0.3) is 7.82 Å². The van der Waals surface area contributed by atoms with Crippen LogP contribution in [0.2, 0.25) is 0 Å². The van der Waals surface area contributed by atoms with Gasteiger partial charge in [0.05, 0.1) is 39.9 Å². The Morgan fingerprint density at radius 2 is 0.747 bits per heavy atom. The molecule has 0 aromatic carbocycles. The first-order chi connectivity index (χ1) is 38.5. The van der Waals surface area contributed by atoms with E-state index in [0.29, 0.717) is 17.4 Å². The predicted molar refractivity (Wildman–Crippen MR) is 344 cm³/mol. The molecule has 0 heterocycles. The Hall–Kier alpha value is -1.80. The maximum Gasteiger partial charge on any atom is 0.268 e. The van der Waals surface area contributed by atoms with Crippen LogP contribution in [0, 0.1) is 0 Å². The Labute approximate surface area is 492 Å². The second kappa shape index (κ2) is 60.8.